The Morgan fingerprint density at radius 1 is 1.11 bits per heavy atom. The first-order valence-corrected chi connectivity index (χ1v) is 5.46. The van der Waals surface area contributed by atoms with E-state index in [-0.39, 0.29) is 13.2 Å². The molecule has 0 aliphatic heterocycles. The maximum absolute atomic E-state index is 10.5. The molecule has 0 radical (unpaired) electrons. The van der Waals surface area contributed by atoms with Crippen molar-refractivity contribution in [3.8, 4) is 0 Å². The van der Waals surface area contributed by atoms with Crippen molar-refractivity contribution in [2.45, 2.75) is 13.8 Å². The summed E-state index contributed by atoms with van der Waals surface area (Å²) in [5, 5.41) is 0. The van der Waals surface area contributed by atoms with Gasteiger partial charge in [-0.3, -0.25) is 0 Å². The summed E-state index contributed by atoms with van der Waals surface area (Å²) in [7, 11) is 0. The van der Waals surface area contributed by atoms with Crippen LogP contribution in [-0.2, 0) is 15.3 Å². The second kappa shape index (κ2) is 3.95. The van der Waals surface area contributed by atoms with Gasteiger partial charge >= 0.3 is 55.7 Å². The average molecular weight is 201 g/mol. The molecule has 0 saturated heterocycles. The molecule has 0 saturated carbocycles. The zero-order valence-electron chi connectivity index (χ0n) is 5.46. The maximum atomic E-state index is 10.5. The van der Waals surface area contributed by atoms with Crippen LogP contribution in [0.25, 0.3) is 0 Å². The molecule has 0 atom stereocenters. The van der Waals surface area contributed by atoms with Crippen molar-refractivity contribution in [3.05, 3.63) is 0 Å². The van der Waals surface area contributed by atoms with Crippen LogP contribution in [0.5, 0.6) is 0 Å². The summed E-state index contributed by atoms with van der Waals surface area (Å²) >= 11 is -4.37. The Bertz CT molecular complexity index is 136. The van der Waals surface area contributed by atoms with Gasteiger partial charge in [0.2, 0.25) is 0 Å². The van der Waals surface area contributed by atoms with Gasteiger partial charge in [0.25, 0.3) is 0 Å². The summed E-state index contributed by atoms with van der Waals surface area (Å²) in [4.78, 5) is 0. The van der Waals surface area contributed by atoms with E-state index in [9.17, 15) is 7.67 Å². The summed E-state index contributed by atoms with van der Waals surface area (Å²) in [5.41, 5.74) is 0. The average Bonchev–Trinajstić information content (AvgIpc) is 1.64. The van der Waals surface area contributed by atoms with Crippen molar-refractivity contribution in [3.63, 3.8) is 0 Å². The molecule has 0 unspecified atom stereocenters. The quantitative estimate of drug-likeness (QED) is 0.616. The second-order valence-corrected chi connectivity index (χ2v) is 3.92. The summed E-state index contributed by atoms with van der Waals surface area (Å²) in [6, 6.07) is 0. The molecule has 0 aliphatic rings. The van der Waals surface area contributed by atoms with E-state index in [2.05, 4.69) is 7.64 Å². The van der Waals surface area contributed by atoms with Gasteiger partial charge in [-0.15, -0.1) is 0 Å². The Kier molecular flexibility index (Phi) is 3.97. The zero-order valence-corrected chi connectivity index (χ0v) is 7.17. The molecule has 9 heavy (non-hydrogen) atoms. The van der Waals surface area contributed by atoms with Crippen molar-refractivity contribution in [1.82, 2.24) is 0 Å². The van der Waals surface area contributed by atoms with Gasteiger partial charge < -0.3 is 0 Å². The van der Waals surface area contributed by atoms with Crippen LogP contribution in [0.4, 0.5) is 0 Å². The van der Waals surface area contributed by atoms with Crippen LogP contribution in [-0.4, -0.2) is 26.6 Å². The van der Waals surface area contributed by atoms with Crippen LogP contribution < -0.4 is 0 Å². The van der Waals surface area contributed by atoms with Gasteiger partial charge in [0.1, 0.15) is 0 Å². The van der Waals surface area contributed by atoms with Gasteiger partial charge in [-0.05, 0) is 0 Å². The normalized spacial score (nSPS) is 11.8. The first-order valence-electron chi connectivity index (χ1n) is 2.66. The van der Waals surface area contributed by atoms with Gasteiger partial charge in [-0.2, -0.15) is 0 Å². The molecule has 0 N–H and O–H groups in total. The molecule has 4 nitrogen and oxygen atoms in total. The van der Waals surface area contributed by atoms with E-state index in [4.69, 9.17) is 0 Å². The molecule has 0 heterocycles. The molecular formula is C4H10O4Se. The molecule has 5 heteroatoms. The van der Waals surface area contributed by atoms with Crippen LogP contribution in [0.2, 0.25) is 0 Å². The fraction of sp³-hybridized carbons (Fsp3) is 1.00. The molecule has 0 amide bonds. The summed E-state index contributed by atoms with van der Waals surface area (Å²) in [6.07, 6.45) is 0. The van der Waals surface area contributed by atoms with Crippen molar-refractivity contribution < 1.29 is 15.3 Å². The standard InChI is InChI=1S/C4H10O4Se/c1-3-7-9(5,6)8-4-2/h3-4H2,1-2H3. The molecule has 0 rings (SSSR count). The predicted molar refractivity (Wildman–Crippen MR) is 30.4 cm³/mol. The van der Waals surface area contributed by atoms with Crippen LogP contribution in [0, 0.1) is 0 Å². The van der Waals surface area contributed by atoms with Crippen molar-refractivity contribution in [1.29, 1.82) is 0 Å². The van der Waals surface area contributed by atoms with Gasteiger partial charge in [-0.1, -0.05) is 0 Å². The zero-order chi connectivity index (χ0) is 7.33. The molecule has 0 bridgehead atoms. The minimum absolute atomic E-state index is 0.146. The fourth-order valence-corrected chi connectivity index (χ4v) is 1.68. The molecule has 0 aromatic rings. The van der Waals surface area contributed by atoms with E-state index in [1.54, 1.807) is 13.8 Å². The van der Waals surface area contributed by atoms with Gasteiger partial charge in [-0.25, -0.2) is 0 Å². The van der Waals surface area contributed by atoms with E-state index >= 15 is 0 Å². The Labute approximate surface area is 56.4 Å². The molecule has 0 aromatic heterocycles. The molecule has 0 aromatic carbocycles. The molecule has 0 fully saturated rings. The summed E-state index contributed by atoms with van der Waals surface area (Å²) in [5.74, 6) is 0. The van der Waals surface area contributed by atoms with Crippen molar-refractivity contribution in [2.75, 3.05) is 13.2 Å². The monoisotopic (exact) mass is 202 g/mol. The van der Waals surface area contributed by atoms with E-state index in [1.165, 1.54) is 0 Å². The van der Waals surface area contributed by atoms with Crippen molar-refractivity contribution in [2.24, 2.45) is 0 Å². The van der Waals surface area contributed by atoms with Gasteiger partial charge in [0, 0.05) is 0 Å². The Balaban J connectivity index is 3.73. The Hall–Kier alpha value is 0.0395. The molecule has 0 spiro atoms. The third-order valence-electron chi connectivity index (χ3n) is 0.524. The first-order chi connectivity index (χ1) is 4.12. The molecule has 56 valence electrons. The van der Waals surface area contributed by atoms with E-state index in [0.29, 0.717) is 0 Å². The topological polar surface area (TPSA) is 52.6 Å². The van der Waals surface area contributed by atoms with Crippen molar-refractivity contribution >= 4 is 13.4 Å². The van der Waals surface area contributed by atoms with E-state index in [1.807, 2.05) is 0 Å². The van der Waals surface area contributed by atoms with Crippen LogP contribution in [0.15, 0.2) is 0 Å². The molecule has 0 aliphatic carbocycles. The van der Waals surface area contributed by atoms with Gasteiger partial charge in [0.15, 0.2) is 0 Å². The predicted octanol–water partition coefficient (Wildman–Crippen LogP) is 0.356. The summed E-state index contributed by atoms with van der Waals surface area (Å²) in [6.45, 7) is 3.49. The Morgan fingerprint density at radius 3 is 1.67 bits per heavy atom. The van der Waals surface area contributed by atoms with Crippen LogP contribution in [0.3, 0.4) is 0 Å². The van der Waals surface area contributed by atoms with Gasteiger partial charge in [0.05, 0.1) is 0 Å². The number of hydrogen-bond acceptors (Lipinski definition) is 4. The Morgan fingerprint density at radius 2 is 1.44 bits per heavy atom. The van der Waals surface area contributed by atoms with E-state index < -0.39 is 13.4 Å². The fourth-order valence-electron chi connectivity index (χ4n) is 0.323. The second-order valence-electron chi connectivity index (χ2n) is 1.22. The number of rotatable bonds is 4. The minimum atomic E-state index is -4.37. The third kappa shape index (κ3) is 4.54. The first kappa shape index (κ1) is 9.04. The molecular weight excluding hydrogens is 191 g/mol. The SMILES string of the molecule is CCO[Se](=O)(=O)OCC. The number of hydrogen-bond donors (Lipinski definition) is 0. The third-order valence-corrected chi connectivity index (χ3v) is 2.72. The van der Waals surface area contributed by atoms with Crippen LogP contribution >= 0.6 is 0 Å². The van der Waals surface area contributed by atoms with E-state index in [0.717, 1.165) is 0 Å². The summed E-state index contributed by atoms with van der Waals surface area (Å²) < 4.78 is 29.5. The van der Waals surface area contributed by atoms with Crippen LogP contribution in [0.1, 0.15) is 13.8 Å².